The minimum absolute atomic E-state index is 0. The first-order valence-corrected chi connectivity index (χ1v) is 11.0. The molecule has 1 amide bonds. The molecule has 0 bridgehead atoms. The van der Waals surface area contributed by atoms with E-state index < -0.39 is 41.4 Å². The molecule has 1 aromatic heterocycles. The summed E-state index contributed by atoms with van der Waals surface area (Å²) in [6.07, 6.45) is -5.22. The molecule has 2 N–H and O–H groups in total. The zero-order chi connectivity index (χ0) is 26.2. The normalized spacial score (nSPS) is 14.1. The molecule has 3 aromatic rings. The molecule has 13 heteroatoms. The van der Waals surface area contributed by atoms with Gasteiger partial charge in [0.15, 0.2) is 11.6 Å². The Morgan fingerprint density at radius 3 is 2.46 bits per heavy atom. The molecule has 0 saturated carbocycles. The van der Waals surface area contributed by atoms with Gasteiger partial charge in [-0.15, -0.1) is 12.4 Å². The fraction of sp³-hybridized carbons (Fsp3) is 0.333. The maximum absolute atomic E-state index is 13.9. The largest absolute Gasteiger partial charge is 0.496 e. The number of halogens is 7. The van der Waals surface area contributed by atoms with Crippen molar-refractivity contribution in [2.75, 3.05) is 13.7 Å². The van der Waals surface area contributed by atoms with Gasteiger partial charge in [-0.25, -0.2) is 18.2 Å². The maximum Gasteiger partial charge on any atom is 0.449 e. The highest BCUT2D eigenvalue weighted by Crippen LogP contribution is 2.38. The lowest BCUT2D eigenvalue weighted by Gasteiger charge is -2.30. The van der Waals surface area contributed by atoms with E-state index in [2.05, 4.69) is 4.98 Å². The minimum Gasteiger partial charge on any atom is -0.496 e. The van der Waals surface area contributed by atoms with Gasteiger partial charge in [-0.1, -0.05) is 12.1 Å². The van der Waals surface area contributed by atoms with Gasteiger partial charge in [0.25, 0.3) is 0 Å². The molecule has 200 valence electrons. The number of methoxy groups -OCH3 is 1. The van der Waals surface area contributed by atoms with Crippen LogP contribution in [0.2, 0.25) is 0 Å². The molecule has 1 aliphatic heterocycles. The number of carbonyl (C=O) groups excluding carboxylic acids is 1. The van der Waals surface area contributed by atoms with Gasteiger partial charge in [0.05, 0.1) is 25.0 Å². The van der Waals surface area contributed by atoms with Crippen molar-refractivity contribution >= 4 is 18.3 Å². The Balaban J connectivity index is 0.00000380. The molecule has 37 heavy (non-hydrogen) atoms. The number of aromatic nitrogens is 2. The van der Waals surface area contributed by atoms with E-state index in [1.54, 1.807) is 24.3 Å². The van der Waals surface area contributed by atoms with Crippen LogP contribution < -0.4 is 10.5 Å². The first kappa shape index (κ1) is 28.3. The van der Waals surface area contributed by atoms with Crippen molar-refractivity contribution in [3.63, 3.8) is 0 Å². The van der Waals surface area contributed by atoms with E-state index in [0.29, 0.717) is 23.4 Å². The summed E-state index contributed by atoms with van der Waals surface area (Å²) in [5, 5.41) is 0. The molecule has 0 aliphatic carbocycles. The van der Waals surface area contributed by atoms with Crippen LogP contribution in [0.25, 0.3) is 11.3 Å². The number of amides is 1. The number of ether oxygens (including phenoxy) is 1. The summed E-state index contributed by atoms with van der Waals surface area (Å²) in [5.74, 6) is -4.78. The highest BCUT2D eigenvalue weighted by molar-refractivity contribution is 5.85. The van der Waals surface area contributed by atoms with Crippen molar-refractivity contribution in [3.05, 3.63) is 70.9 Å². The van der Waals surface area contributed by atoms with Crippen molar-refractivity contribution in [1.29, 1.82) is 0 Å². The molecule has 6 nitrogen and oxygen atoms in total. The van der Waals surface area contributed by atoms with Gasteiger partial charge in [-0.05, 0) is 30.2 Å². The second-order valence-corrected chi connectivity index (χ2v) is 8.42. The standard InChI is InChI=1S/C24H22F6N4O2.ClH/c1-36-20-5-3-2-4-15(20)22-19-12-33(6-7-34(19)23(32-22)24(28,29)30)21(35)10-14(31)8-13-9-17(26)18(27)11-16(13)25;/h2-5,9,11,14H,6-8,10,12,31H2,1H3;1H. The first-order valence-electron chi connectivity index (χ1n) is 11.0. The Morgan fingerprint density at radius 1 is 1.11 bits per heavy atom. The highest BCUT2D eigenvalue weighted by Gasteiger charge is 2.41. The maximum atomic E-state index is 13.9. The van der Waals surface area contributed by atoms with Gasteiger partial charge in [-0.2, -0.15) is 13.2 Å². The van der Waals surface area contributed by atoms with Crippen molar-refractivity contribution in [2.24, 2.45) is 5.73 Å². The molecule has 1 aliphatic rings. The molecule has 2 heterocycles. The van der Waals surface area contributed by atoms with Crippen molar-refractivity contribution in [3.8, 4) is 17.0 Å². The van der Waals surface area contributed by atoms with E-state index in [9.17, 15) is 31.1 Å². The third kappa shape index (κ3) is 5.85. The molecule has 0 spiro atoms. The molecular weight excluding hydrogens is 526 g/mol. The smallest absolute Gasteiger partial charge is 0.449 e. The third-order valence-corrected chi connectivity index (χ3v) is 5.98. The lowest BCUT2D eigenvalue weighted by molar-refractivity contribution is -0.148. The van der Waals surface area contributed by atoms with Gasteiger partial charge < -0.3 is 19.9 Å². The number of para-hydroxylation sites is 1. The number of nitrogens with two attached hydrogens (primary N) is 1. The lowest BCUT2D eigenvalue weighted by Crippen LogP contribution is -2.42. The molecule has 2 aromatic carbocycles. The van der Waals surface area contributed by atoms with Crippen LogP contribution in [0.15, 0.2) is 36.4 Å². The van der Waals surface area contributed by atoms with E-state index in [1.807, 2.05) is 0 Å². The van der Waals surface area contributed by atoms with E-state index in [0.717, 1.165) is 4.57 Å². The SMILES string of the molecule is COc1ccccc1-c1nc(C(F)(F)F)n2c1CN(C(=O)CC(N)Cc1cc(F)c(F)cc1F)CC2.Cl. The van der Waals surface area contributed by atoms with Crippen LogP contribution in [0, 0.1) is 17.5 Å². The van der Waals surface area contributed by atoms with Crippen molar-refractivity contribution < 1.29 is 35.9 Å². The van der Waals surface area contributed by atoms with E-state index >= 15 is 0 Å². The van der Waals surface area contributed by atoms with Gasteiger partial charge in [-0.3, -0.25) is 4.79 Å². The topological polar surface area (TPSA) is 73.4 Å². The van der Waals surface area contributed by atoms with E-state index in [1.165, 1.54) is 12.0 Å². The molecule has 0 radical (unpaired) electrons. The van der Waals surface area contributed by atoms with Crippen LogP contribution in [-0.2, 0) is 30.5 Å². The lowest BCUT2D eigenvalue weighted by atomic mass is 10.0. The summed E-state index contributed by atoms with van der Waals surface area (Å²) in [6, 6.07) is 6.64. The number of benzene rings is 2. The second kappa shape index (κ2) is 11.0. The van der Waals surface area contributed by atoms with Gasteiger partial charge >= 0.3 is 6.18 Å². The molecule has 1 unspecified atom stereocenters. The molecule has 1 atom stereocenters. The molecule has 0 fully saturated rings. The Bertz CT molecular complexity index is 1300. The zero-order valence-corrected chi connectivity index (χ0v) is 20.3. The molecule has 4 rings (SSSR count). The summed E-state index contributed by atoms with van der Waals surface area (Å²) in [7, 11) is 1.39. The van der Waals surface area contributed by atoms with Gasteiger partial charge in [0.1, 0.15) is 11.6 Å². The van der Waals surface area contributed by atoms with E-state index in [4.69, 9.17) is 10.5 Å². The predicted molar refractivity (Wildman–Crippen MR) is 124 cm³/mol. The summed E-state index contributed by atoms with van der Waals surface area (Å²) in [5.41, 5.74) is 6.37. The van der Waals surface area contributed by atoms with Crippen molar-refractivity contribution in [1.82, 2.24) is 14.5 Å². The Hall–Kier alpha value is -3.25. The van der Waals surface area contributed by atoms with Crippen LogP contribution in [-0.4, -0.2) is 40.1 Å². The highest BCUT2D eigenvalue weighted by atomic mass is 35.5. The van der Waals surface area contributed by atoms with Crippen LogP contribution in [0.3, 0.4) is 0 Å². The first-order chi connectivity index (χ1) is 17.0. The van der Waals surface area contributed by atoms with Crippen molar-refractivity contribution in [2.45, 2.75) is 38.1 Å². The summed E-state index contributed by atoms with van der Waals surface area (Å²) in [6.45, 7) is -0.338. The Kier molecular flexibility index (Phi) is 8.43. The number of imidazole rings is 1. The number of carbonyl (C=O) groups is 1. The number of nitrogens with zero attached hydrogens (tertiary/aromatic N) is 3. The quantitative estimate of drug-likeness (QED) is 0.357. The molecule has 0 saturated heterocycles. The monoisotopic (exact) mass is 548 g/mol. The average molecular weight is 549 g/mol. The summed E-state index contributed by atoms with van der Waals surface area (Å²) >= 11 is 0. The number of fused-ring (bicyclic) bond motifs is 1. The van der Waals surface area contributed by atoms with E-state index in [-0.39, 0.29) is 61.8 Å². The number of alkyl halides is 3. The van der Waals surface area contributed by atoms with Crippen LogP contribution in [0.1, 0.15) is 23.5 Å². The number of hydrogen-bond donors (Lipinski definition) is 1. The molecular formula is C24H23ClF6N4O2. The summed E-state index contributed by atoms with van der Waals surface area (Å²) < 4.78 is 88.0. The number of rotatable bonds is 6. The van der Waals surface area contributed by atoms with Gasteiger partial charge in [0.2, 0.25) is 11.7 Å². The Morgan fingerprint density at radius 2 is 1.78 bits per heavy atom. The predicted octanol–water partition coefficient (Wildman–Crippen LogP) is 4.72. The van der Waals surface area contributed by atoms with Crippen LogP contribution >= 0.6 is 12.4 Å². The van der Waals surface area contributed by atoms with Crippen LogP contribution in [0.5, 0.6) is 5.75 Å². The van der Waals surface area contributed by atoms with Crippen LogP contribution in [0.4, 0.5) is 26.3 Å². The fourth-order valence-corrected chi connectivity index (χ4v) is 4.28. The average Bonchev–Trinajstić information content (AvgIpc) is 3.21. The summed E-state index contributed by atoms with van der Waals surface area (Å²) in [4.78, 5) is 18.1. The third-order valence-electron chi connectivity index (χ3n) is 5.98. The number of hydrogen-bond acceptors (Lipinski definition) is 4. The Labute approximate surface area is 214 Å². The zero-order valence-electron chi connectivity index (χ0n) is 19.5. The second-order valence-electron chi connectivity index (χ2n) is 8.42. The minimum atomic E-state index is -4.71. The van der Waals surface area contributed by atoms with Gasteiger partial charge in [0, 0.05) is 37.2 Å². The fourth-order valence-electron chi connectivity index (χ4n) is 4.28.